The molecule has 0 fully saturated rings. The first kappa shape index (κ1) is 19.4. The van der Waals surface area contributed by atoms with Crippen LogP contribution in [0.4, 0.5) is 13.2 Å². The monoisotopic (exact) mass is 357 g/mol. The van der Waals surface area contributed by atoms with Gasteiger partial charge in [-0.3, -0.25) is 0 Å². The summed E-state index contributed by atoms with van der Waals surface area (Å²) in [5.74, 6) is -0.0353. The molecule has 0 heterocycles. The summed E-state index contributed by atoms with van der Waals surface area (Å²) in [5.41, 5.74) is 0.710. The molecule has 3 nitrogen and oxygen atoms in total. The Morgan fingerprint density at radius 1 is 1.32 bits per heavy atom. The summed E-state index contributed by atoms with van der Waals surface area (Å²) in [7, 11) is 0. The highest BCUT2D eigenvalue weighted by Gasteiger charge is 2.30. The van der Waals surface area contributed by atoms with E-state index in [1.165, 1.54) is 12.1 Å². The average molecular weight is 358 g/mol. The summed E-state index contributed by atoms with van der Waals surface area (Å²) in [6.45, 7) is 5.91. The first-order chi connectivity index (χ1) is 9.90. The molecule has 0 bridgehead atoms. The maximum Gasteiger partial charge on any atom is 0.422 e. The minimum Gasteiger partial charge on any atom is -0.598 e. The lowest BCUT2D eigenvalue weighted by molar-refractivity contribution is -0.153. The molecule has 0 amide bonds. The lowest BCUT2D eigenvalue weighted by atomic mass is 10.1. The number of halogens is 4. The van der Waals surface area contributed by atoms with Crippen LogP contribution >= 0.6 is 11.6 Å². The average Bonchev–Trinajstić information content (AvgIpc) is 2.34. The summed E-state index contributed by atoms with van der Waals surface area (Å²) < 4.78 is 55.5. The van der Waals surface area contributed by atoms with Gasteiger partial charge < -0.3 is 9.29 Å². The van der Waals surface area contributed by atoms with Gasteiger partial charge >= 0.3 is 6.18 Å². The fourth-order valence-electron chi connectivity index (χ4n) is 1.47. The second-order valence-corrected chi connectivity index (χ2v) is 8.22. The lowest BCUT2D eigenvalue weighted by Crippen LogP contribution is -2.40. The molecule has 0 aliphatic carbocycles. The van der Waals surface area contributed by atoms with Crippen LogP contribution in [0.25, 0.3) is 0 Å². The molecule has 0 saturated carbocycles. The fraction of sp³-hybridized carbons (Fsp3) is 0.571. The van der Waals surface area contributed by atoms with Gasteiger partial charge in [0.15, 0.2) is 6.61 Å². The van der Waals surface area contributed by atoms with Crippen molar-refractivity contribution in [2.45, 2.75) is 44.7 Å². The molecule has 0 aliphatic rings. The van der Waals surface area contributed by atoms with Crippen LogP contribution < -0.4 is 9.46 Å². The predicted molar refractivity (Wildman–Crippen MR) is 82.4 cm³/mol. The molecule has 1 aromatic carbocycles. The third kappa shape index (κ3) is 6.24. The summed E-state index contributed by atoms with van der Waals surface area (Å²) in [4.78, 5) is 0. The normalized spacial score (nSPS) is 15.5. The predicted octanol–water partition coefficient (Wildman–Crippen LogP) is 4.39. The molecular weight excluding hydrogens is 339 g/mol. The quantitative estimate of drug-likeness (QED) is 0.795. The van der Waals surface area contributed by atoms with Crippen molar-refractivity contribution in [1.82, 2.24) is 4.72 Å². The Balaban J connectivity index is 2.76. The number of rotatable bonds is 5. The molecule has 0 aliphatic heterocycles. The summed E-state index contributed by atoms with van der Waals surface area (Å²) in [6, 6.07) is 4.20. The van der Waals surface area contributed by atoms with Crippen LogP contribution in [0, 0.1) is 0 Å². The van der Waals surface area contributed by atoms with Gasteiger partial charge in [0.25, 0.3) is 0 Å². The van der Waals surface area contributed by atoms with E-state index in [4.69, 9.17) is 11.6 Å². The number of nitrogens with one attached hydrogen (secondary N) is 1. The molecule has 2 unspecified atom stereocenters. The summed E-state index contributed by atoms with van der Waals surface area (Å²) >= 11 is 4.66. The van der Waals surface area contributed by atoms with E-state index in [2.05, 4.69) is 9.46 Å². The van der Waals surface area contributed by atoms with Crippen LogP contribution in [0.15, 0.2) is 18.2 Å². The third-order valence-corrected chi connectivity index (χ3v) is 4.66. The highest BCUT2D eigenvalue weighted by atomic mass is 35.5. The largest absolute Gasteiger partial charge is 0.598 e. The smallest absolute Gasteiger partial charge is 0.422 e. The minimum atomic E-state index is -4.42. The molecule has 0 spiro atoms. The number of ether oxygens (including phenoxy) is 1. The van der Waals surface area contributed by atoms with Gasteiger partial charge in [0.05, 0.1) is 11.1 Å². The third-order valence-electron chi connectivity index (χ3n) is 2.69. The second kappa shape index (κ2) is 7.29. The summed E-state index contributed by atoms with van der Waals surface area (Å²) in [5, 5.41) is 0.0805. The van der Waals surface area contributed by atoms with Crippen molar-refractivity contribution in [3.05, 3.63) is 28.8 Å². The van der Waals surface area contributed by atoms with Crippen LogP contribution in [0.2, 0.25) is 5.02 Å². The van der Waals surface area contributed by atoms with Crippen molar-refractivity contribution in [3.63, 3.8) is 0 Å². The Bertz CT molecular complexity index is 506. The zero-order valence-electron chi connectivity index (χ0n) is 12.8. The molecule has 22 heavy (non-hydrogen) atoms. The molecule has 1 aromatic rings. The van der Waals surface area contributed by atoms with Gasteiger partial charge in [-0.05, 0) is 45.4 Å². The number of benzene rings is 1. The molecule has 1 rings (SSSR count). The topological polar surface area (TPSA) is 44.3 Å². The second-order valence-electron chi connectivity index (χ2n) is 5.81. The zero-order chi connectivity index (χ0) is 17.1. The molecule has 1 N–H and O–H groups in total. The first-order valence-corrected chi connectivity index (χ1v) is 8.10. The van der Waals surface area contributed by atoms with Gasteiger partial charge in [0, 0.05) is 11.4 Å². The maximum atomic E-state index is 12.1. The molecule has 0 aromatic heterocycles. The van der Waals surface area contributed by atoms with Crippen molar-refractivity contribution in [1.29, 1.82) is 0 Å². The first-order valence-electron chi connectivity index (χ1n) is 6.57. The van der Waals surface area contributed by atoms with Crippen LogP contribution in [0.3, 0.4) is 0 Å². The number of alkyl halides is 3. The van der Waals surface area contributed by atoms with Gasteiger partial charge in [-0.1, -0.05) is 17.7 Å². The van der Waals surface area contributed by atoms with E-state index in [1.54, 1.807) is 13.0 Å². The fourth-order valence-corrected chi connectivity index (χ4v) is 2.52. The van der Waals surface area contributed by atoms with E-state index in [-0.39, 0.29) is 16.8 Å². The van der Waals surface area contributed by atoms with Gasteiger partial charge in [-0.25, -0.2) is 0 Å². The van der Waals surface area contributed by atoms with Crippen LogP contribution in [0.1, 0.15) is 39.3 Å². The number of hydrogen-bond donors (Lipinski definition) is 1. The minimum absolute atomic E-state index is 0.0353. The van der Waals surface area contributed by atoms with Crippen LogP contribution in [0.5, 0.6) is 5.75 Å². The summed E-state index contributed by atoms with van der Waals surface area (Å²) in [6.07, 6.45) is -4.42. The van der Waals surface area contributed by atoms with Gasteiger partial charge in [0.2, 0.25) is 0 Å². The standard InChI is InChI=1S/C14H19ClF3NO2S/c1-9(19-22(20)13(2,3)4)10-5-6-12(11(15)7-10)21-8-14(16,17)18/h5-7,9,19H,8H2,1-4H3. The number of hydrogen-bond acceptors (Lipinski definition) is 3. The Morgan fingerprint density at radius 2 is 1.91 bits per heavy atom. The van der Waals surface area contributed by atoms with Gasteiger partial charge in [-0.15, -0.1) is 4.72 Å². The lowest BCUT2D eigenvalue weighted by Gasteiger charge is -2.26. The van der Waals surface area contributed by atoms with Crippen molar-refractivity contribution >= 4 is 23.0 Å². The van der Waals surface area contributed by atoms with E-state index in [0.29, 0.717) is 5.56 Å². The van der Waals surface area contributed by atoms with E-state index >= 15 is 0 Å². The van der Waals surface area contributed by atoms with Crippen molar-refractivity contribution < 1.29 is 22.5 Å². The van der Waals surface area contributed by atoms with E-state index in [9.17, 15) is 17.7 Å². The van der Waals surface area contributed by atoms with E-state index in [1.807, 2.05) is 20.8 Å². The van der Waals surface area contributed by atoms with Crippen LogP contribution in [-0.2, 0) is 11.4 Å². The van der Waals surface area contributed by atoms with Crippen LogP contribution in [-0.4, -0.2) is 22.1 Å². The molecule has 126 valence electrons. The van der Waals surface area contributed by atoms with E-state index < -0.39 is 28.9 Å². The molecular formula is C14H19ClF3NO2S. The molecule has 0 radical (unpaired) electrons. The van der Waals surface area contributed by atoms with Crippen molar-refractivity contribution in [2.24, 2.45) is 0 Å². The Labute approximate surface area is 136 Å². The Morgan fingerprint density at radius 3 is 2.36 bits per heavy atom. The molecule has 2 atom stereocenters. The van der Waals surface area contributed by atoms with E-state index in [0.717, 1.165) is 0 Å². The van der Waals surface area contributed by atoms with Crippen molar-refractivity contribution in [2.75, 3.05) is 6.61 Å². The Hall–Kier alpha value is -0.630. The van der Waals surface area contributed by atoms with Gasteiger partial charge in [0.1, 0.15) is 10.5 Å². The highest BCUT2D eigenvalue weighted by molar-refractivity contribution is 7.90. The van der Waals surface area contributed by atoms with Gasteiger partial charge in [-0.2, -0.15) is 13.2 Å². The Kier molecular flexibility index (Phi) is 6.44. The van der Waals surface area contributed by atoms with Crippen molar-refractivity contribution in [3.8, 4) is 5.75 Å². The SMILES string of the molecule is CC(N[S+]([O-])C(C)(C)C)c1ccc(OCC(F)(F)F)c(Cl)c1. The molecule has 8 heteroatoms. The maximum absolute atomic E-state index is 12.1. The zero-order valence-corrected chi connectivity index (χ0v) is 14.3. The molecule has 0 saturated heterocycles. The highest BCUT2D eigenvalue weighted by Crippen LogP contribution is 2.30.